The maximum atomic E-state index is 6.18. The summed E-state index contributed by atoms with van der Waals surface area (Å²) in [5.41, 5.74) is 22.7. The van der Waals surface area contributed by atoms with Crippen LogP contribution in [0.5, 0.6) is 0 Å². The number of benzene rings is 4. The first-order valence-corrected chi connectivity index (χ1v) is 26.5. The number of nitrogens with two attached hydrogens (primary N) is 2. The third kappa shape index (κ3) is 17.9. The first-order chi connectivity index (χ1) is 30.6. The zero-order valence-corrected chi connectivity index (χ0v) is 39.9. The summed E-state index contributed by atoms with van der Waals surface area (Å²) in [4.78, 5) is 0. The van der Waals surface area contributed by atoms with Crippen LogP contribution in [-0.4, -0.2) is 0 Å². The average Bonchev–Trinajstić information content (AvgIpc) is 3.30. The van der Waals surface area contributed by atoms with Gasteiger partial charge in [0.05, 0.1) is 0 Å². The van der Waals surface area contributed by atoms with Crippen LogP contribution in [-0.2, 0) is 0 Å². The third-order valence-electron chi connectivity index (χ3n) is 14.7. The Morgan fingerprint density at radius 1 is 0.339 bits per heavy atom. The van der Waals surface area contributed by atoms with Crippen LogP contribution in [0.2, 0.25) is 0 Å². The van der Waals surface area contributed by atoms with Gasteiger partial charge in [0.1, 0.15) is 0 Å². The van der Waals surface area contributed by atoms with E-state index >= 15 is 0 Å². The predicted octanol–water partition coefficient (Wildman–Crippen LogP) is 18.6. The van der Waals surface area contributed by atoms with Gasteiger partial charge in [-0.3, -0.25) is 0 Å². The molecule has 2 heteroatoms. The van der Waals surface area contributed by atoms with Gasteiger partial charge in [-0.2, -0.15) is 0 Å². The third-order valence-corrected chi connectivity index (χ3v) is 14.7. The van der Waals surface area contributed by atoms with Crippen molar-refractivity contribution in [1.29, 1.82) is 0 Å². The van der Waals surface area contributed by atoms with Crippen LogP contribution in [0.15, 0.2) is 97.1 Å². The molecule has 0 spiro atoms. The van der Waals surface area contributed by atoms with Crippen molar-refractivity contribution in [2.45, 2.75) is 224 Å². The Morgan fingerprint density at radius 2 is 0.597 bits per heavy atom. The molecule has 4 N–H and O–H groups in total. The Bertz CT molecular complexity index is 1570. The number of unbranched alkanes of at least 4 members (excludes halogenated alkanes) is 18. The topological polar surface area (TPSA) is 52.0 Å². The Labute approximate surface area is 381 Å². The van der Waals surface area contributed by atoms with E-state index in [-0.39, 0.29) is 0 Å². The summed E-state index contributed by atoms with van der Waals surface area (Å²) < 4.78 is 0. The van der Waals surface area contributed by atoms with E-state index in [0.29, 0.717) is 17.8 Å². The van der Waals surface area contributed by atoms with E-state index in [0.717, 1.165) is 17.3 Å². The minimum atomic E-state index is 0.406. The molecule has 1 aliphatic carbocycles. The molecule has 1 aliphatic rings. The molecule has 5 rings (SSSR count). The van der Waals surface area contributed by atoms with E-state index in [4.69, 9.17) is 11.5 Å². The number of rotatable bonds is 32. The molecule has 2 nitrogen and oxygen atoms in total. The number of hydrogen-bond donors (Lipinski definition) is 2. The maximum Gasteiger partial charge on any atom is 0.0314 e. The van der Waals surface area contributed by atoms with Crippen LogP contribution in [0.4, 0.5) is 11.4 Å². The van der Waals surface area contributed by atoms with Crippen molar-refractivity contribution in [3.05, 3.63) is 130 Å². The molecule has 2 atom stereocenters. The molecule has 62 heavy (non-hydrogen) atoms. The summed E-state index contributed by atoms with van der Waals surface area (Å²) in [6, 6.07) is 37.3. The molecule has 0 bridgehead atoms. The maximum absolute atomic E-state index is 6.18. The molecule has 340 valence electrons. The molecule has 1 fully saturated rings. The number of anilines is 2. The van der Waals surface area contributed by atoms with Crippen LogP contribution in [0, 0.1) is 5.92 Å². The lowest BCUT2D eigenvalue weighted by Gasteiger charge is -2.25. The van der Waals surface area contributed by atoms with E-state index in [2.05, 4.69) is 111 Å². The summed E-state index contributed by atoms with van der Waals surface area (Å²) in [6.07, 6.45) is 40.9. The largest absolute Gasteiger partial charge is 0.399 e. The Hall–Kier alpha value is -3.52. The highest BCUT2D eigenvalue weighted by Gasteiger charge is 2.21. The normalized spacial score (nSPS) is 14.8. The van der Waals surface area contributed by atoms with Gasteiger partial charge in [-0.15, -0.1) is 0 Å². The average molecular weight is 839 g/mol. The molecule has 0 heterocycles. The van der Waals surface area contributed by atoms with Crippen molar-refractivity contribution in [3.8, 4) is 0 Å². The first-order valence-electron chi connectivity index (χ1n) is 26.5. The van der Waals surface area contributed by atoms with Gasteiger partial charge in [-0.05, 0) is 82.8 Å². The van der Waals surface area contributed by atoms with E-state index in [9.17, 15) is 0 Å². The van der Waals surface area contributed by atoms with Crippen LogP contribution in [0.3, 0.4) is 0 Å². The van der Waals surface area contributed by atoms with Gasteiger partial charge < -0.3 is 11.5 Å². The zero-order valence-electron chi connectivity index (χ0n) is 39.9. The lowest BCUT2D eigenvalue weighted by Crippen LogP contribution is -2.08. The Balaban J connectivity index is 1.27. The van der Waals surface area contributed by atoms with E-state index in [1.165, 1.54) is 226 Å². The van der Waals surface area contributed by atoms with Gasteiger partial charge in [0.25, 0.3) is 0 Å². The number of nitrogen functional groups attached to an aromatic ring is 2. The van der Waals surface area contributed by atoms with Crippen molar-refractivity contribution >= 4 is 11.4 Å². The second kappa shape index (κ2) is 29.8. The van der Waals surface area contributed by atoms with E-state index in [1.807, 2.05) is 0 Å². The monoisotopic (exact) mass is 839 g/mol. The van der Waals surface area contributed by atoms with E-state index in [1.54, 1.807) is 0 Å². The summed E-state index contributed by atoms with van der Waals surface area (Å²) >= 11 is 0. The van der Waals surface area contributed by atoms with Crippen LogP contribution >= 0.6 is 0 Å². The fraction of sp³-hybridized carbons (Fsp3) is 0.600. The van der Waals surface area contributed by atoms with Gasteiger partial charge in [-0.1, -0.05) is 260 Å². The Kier molecular flexibility index (Phi) is 23.8. The molecule has 4 aromatic rings. The molecule has 0 saturated heterocycles. The second-order valence-corrected chi connectivity index (χ2v) is 19.7. The molecular formula is C60H90N2. The van der Waals surface area contributed by atoms with Crippen molar-refractivity contribution < 1.29 is 0 Å². The molecule has 0 radical (unpaired) electrons. The lowest BCUT2D eigenvalue weighted by molar-refractivity contribution is 0.328. The highest BCUT2D eigenvalue weighted by atomic mass is 14.5. The summed E-state index contributed by atoms with van der Waals surface area (Å²) in [5, 5.41) is 0. The van der Waals surface area contributed by atoms with Crippen molar-refractivity contribution in [3.63, 3.8) is 0 Å². The van der Waals surface area contributed by atoms with Crippen molar-refractivity contribution in [2.75, 3.05) is 11.5 Å². The lowest BCUT2D eigenvalue weighted by atomic mass is 9.80. The van der Waals surface area contributed by atoms with Gasteiger partial charge >= 0.3 is 0 Å². The summed E-state index contributed by atoms with van der Waals surface area (Å²) in [7, 11) is 0. The smallest absolute Gasteiger partial charge is 0.0314 e. The SMILES string of the molecule is CCCCCCCCCCCCC(c1ccc(N)cc1)c1ccc(C(CCCC2CCCCC2)c2ccc(C(CCCCCCCCCCCC)c3ccc(N)cc3)cc2)cc1. The van der Waals surface area contributed by atoms with Crippen molar-refractivity contribution in [2.24, 2.45) is 5.92 Å². The Morgan fingerprint density at radius 3 is 0.903 bits per heavy atom. The molecule has 2 unspecified atom stereocenters. The highest BCUT2D eigenvalue weighted by Crippen LogP contribution is 2.38. The zero-order chi connectivity index (χ0) is 43.5. The molecule has 1 saturated carbocycles. The summed E-state index contributed by atoms with van der Waals surface area (Å²) in [5.74, 6) is 2.15. The molecule has 0 amide bonds. The highest BCUT2D eigenvalue weighted by molar-refractivity contribution is 5.45. The van der Waals surface area contributed by atoms with Gasteiger partial charge in [-0.25, -0.2) is 0 Å². The van der Waals surface area contributed by atoms with Gasteiger partial charge in [0, 0.05) is 29.1 Å². The minimum Gasteiger partial charge on any atom is -0.399 e. The fourth-order valence-corrected chi connectivity index (χ4v) is 10.7. The van der Waals surface area contributed by atoms with Crippen molar-refractivity contribution in [1.82, 2.24) is 0 Å². The fourth-order valence-electron chi connectivity index (χ4n) is 10.7. The predicted molar refractivity (Wildman–Crippen MR) is 273 cm³/mol. The first kappa shape index (κ1) is 49.5. The quantitative estimate of drug-likeness (QED) is 0.0380. The molecule has 4 aromatic carbocycles. The second-order valence-electron chi connectivity index (χ2n) is 19.7. The van der Waals surface area contributed by atoms with Gasteiger partial charge in [0.2, 0.25) is 0 Å². The van der Waals surface area contributed by atoms with Crippen LogP contribution < -0.4 is 11.5 Å². The molecule has 0 aliphatic heterocycles. The summed E-state index contributed by atoms with van der Waals surface area (Å²) in [6.45, 7) is 4.61. The number of hydrogen-bond acceptors (Lipinski definition) is 2. The molecular weight excluding hydrogens is 749 g/mol. The minimum absolute atomic E-state index is 0.406. The van der Waals surface area contributed by atoms with Gasteiger partial charge in [0.15, 0.2) is 0 Å². The standard InChI is InChI=1S/C60H90N2/c1-3-5-7-9-11-13-15-17-19-24-30-58(54-41-45-56(61)46-42-54)50-33-37-52(38-34-50)60(32-26-29-49-27-22-21-23-28-49)53-39-35-51(36-40-53)59(55-43-47-57(62)48-44-55)31-25-20-18-16-14-12-10-8-6-4-2/h33-49,58-60H,3-32,61-62H2,1-2H3. The van der Waals surface area contributed by atoms with Crippen LogP contribution in [0.25, 0.3) is 0 Å². The van der Waals surface area contributed by atoms with Crippen LogP contribution in [0.1, 0.15) is 258 Å². The molecule has 0 aromatic heterocycles. The van der Waals surface area contributed by atoms with E-state index < -0.39 is 0 Å².